The fourth-order valence-electron chi connectivity index (χ4n) is 2.79. The summed E-state index contributed by atoms with van der Waals surface area (Å²) in [5, 5.41) is 5.00. The number of halogens is 1. The van der Waals surface area contributed by atoms with E-state index in [1.54, 1.807) is 34.6 Å². The Labute approximate surface area is 192 Å². The van der Waals surface area contributed by atoms with Crippen LogP contribution in [0.1, 0.15) is 45.0 Å². The minimum absolute atomic E-state index is 0.0176. The molecule has 9 nitrogen and oxygen atoms in total. The number of Topliss-reactive ketones (excluding diaryl/α,β-unsaturated/α-hetero) is 1. The van der Waals surface area contributed by atoms with Crippen molar-refractivity contribution in [2.24, 2.45) is 11.1 Å². The number of methoxy groups -OCH3 is 1. The molecule has 178 valence electrons. The summed E-state index contributed by atoms with van der Waals surface area (Å²) in [7, 11) is 1.36. The Bertz CT molecular complexity index is 1020. The molecule has 33 heavy (non-hydrogen) atoms. The molecule has 10 heteroatoms. The Balaban J connectivity index is 2.45. The van der Waals surface area contributed by atoms with E-state index < -0.39 is 36.0 Å². The van der Waals surface area contributed by atoms with Crippen molar-refractivity contribution in [1.29, 1.82) is 0 Å². The first-order valence-corrected chi connectivity index (χ1v) is 10.4. The fourth-order valence-corrected chi connectivity index (χ4v) is 2.79. The average Bonchev–Trinajstić information content (AvgIpc) is 2.76. The van der Waals surface area contributed by atoms with Crippen LogP contribution in [0.25, 0.3) is 0 Å². The number of nitrogens with zero attached hydrogens (tertiary/aromatic N) is 3. The Hall–Kier alpha value is -3.69. The van der Waals surface area contributed by atoms with Gasteiger partial charge in [-0.15, -0.1) is 0 Å². The van der Waals surface area contributed by atoms with E-state index in [1.807, 2.05) is 0 Å². The third-order valence-electron chi connectivity index (χ3n) is 4.62. The molecule has 1 aromatic rings. The summed E-state index contributed by atoms with van der Waals surface area (Å²) in [5.74, 6) is -1.84. The van der Waals surface area contributed by atoms with E-state index in [0.717, 1.165) is 16.0 Å². The van der Waals surface area contributed by atoms with Crippen LogP contribution in [0.2, 0.25) is 0 Å². The molecule has 0 saturated carbocycles. The number of hydrazine groups is 1. The molecule has 2 rings (SSSR count). The Morgan fingerprint density at radius 3 is 2.48 bits per heavy atom. The molecule has 1 heterocycles. The number of hydrogen-bond acceptors (Lipinski definition) is 6. The largest absolute Gasteiger partial charge is 0.496 e. The van der Waals surface area contributed by atoms with Crippen molar-refractivity contribution in [3.63, 3.8) is 0 Å². The monoisotopic (exact) mass is 460 g/mol. The third kappa shape index (κ3) is 6.18. The molecule has 1 N–H and O–H groups in total. The summed E-state index contributed by atoms with van der Waals surface area (Å²) in [6, 6.07) is 2.83. The molecule has 0 spiro atoms. The molecule has 0 radical (unpaired) electrons. The van der Waals surface area contributed by atoms with Crippen LogP contribution in [-0.2, 0) is 9.63 Å². The molecule has 1 aromatic carbocycles. The Morgan fingerprint density at radius 1 is 1.24 bits per heavy atom. The van der Waals surface area contributed by atoms with Crippen molar-refractivity contribution in [1.82, 2.24) is 15.3 Å². The molecular formula is C23H29FN4O5. The molecule has 0 fully saturated rings. The van der Waals surface area contributed by atoms with Crippen molar-refractivity contribution >= 4 is 23.4 Å². The molecule has 0 aromatic heterocycles. The van der Waals surface area contributed by atoms with Gasteiger partial charge >= 0.3 is 6.03 Å². The molecule has 0 bridgehead atoms. The summed E-state index contributed by atoms with van der Waals surface area (Å²) >= 11 is 0. The smallest absolute Gasteiger partial charge is 0.347 e. The normalized spacial score (nSPS) is 14.6. The van der Waals surface area contributed by atoms with E-state index >= 15 is 0 Å². The van der Waals surface area contributed by atoms with Crippen LogP contribution in [0.5, 0.6) is 5.75 Å². The van der Waals surface area contributed by atoms with Crippen molar-refractivity contribution in [3.05, 3.63) is 53.6 Å². The first-order valence-electron chi connectivity index (χ1n) is 10.4. The molecule has 0 saturated heterocycles. The van der Waals surface area contributed by atoms with Gasteiger partial charge in [-0.2, -0.15) is 0 Å². The highest BCUT2D eigenvalue weighted by molar-refractivity contribution is 6.06. The Morgan fingerprint density at radius 2 is 1.91 bits per heavy atom. The van der Waals surface area contributed by atoms with Crippen LogP contribution >= 0.6 is 0 Å². The molecule has 0 unspecified atom stereocenters. The van der Waals surface area contributed by atoms with Crippen LogP contribution in [0.3, 0.4) is 0 Å². The molecule has 3 amide bonds. The number of nitrogens with one attached hydrogen (secondary N) is 1. The van der Waals surface area contributed by atoms with E-state index in [0.29, 0.717) is 11.3 Å². The third-order valence-corrected chi connectivity index (χ3v) is 4.62. The predicted octanol–water partition coefficient (Wildman–Crippen LogP) is 3.64. The number of rotatable bonds is 9. The first-order chi connectivity index (χ1) is 15.5. The van der Waals surface area contributed by atoms with E-state index in [4.69, 9.17) is 9.57 Å². The fraction of sp³-hybridized carbons (Fsp3) is 0.391. The van der Waals surface area contributed by atoms with Gasteiger partial charge in [0.2, 0.25) is 5.91 Å². The van der Waals surface area contributed by atoms with Gasteiger partial charge in [-0.25, -0.2) is 14.2 Å². The zero-order valence-electron chi connectivity index (χ0n) is 19.6. The van der Waals surface area contributed by atoms with Crippen molar-refractivity contribution in [2.45, 2.75) is 40.7 Å². The second-order valence-electron chi connectivity index (χ2n) is 7.96. The van der Waals surface area contributed by atoms with Crippen molar-refractivity contribution in [2.75, 3.05) is 13.7 Å². The lowest BCUT2D eigenvalue weighted by Crippen LogP contribution is -2.54. The molecule has 1 aliphatic rings. The van der Waals surface area contributed by atoms with Crippen molar-refractivity contribution < 1.29 is 28.3 Å². The minimum atomic E-state index is -0.709. The Kier molecular flexibility index (Phi) is 8.33. The van der Waals surface area contributed by atoms with E-state index in [9.17, 15) is 18.8 Å². The highest BCUT2D eigenvalue weighted by Crippen LogP contribution is 2.25. The summed E-state index contributed by atoms with van der Waals surface area (Å²) in [6.45, 7) is 12.1. The van der Waals surface area contributed by atoms with Crippen LogP contribution in [0.15, 0.2) is 47.4 Å². The van der Waals surface area contributed by atoms with Crippen LogP contribution in [0.4, 0.5) is 9.18 Å². The van der Waals surface area contributed by atoms with Gasteiger partial charge in [-0.1, -0.05) is 25.6 Å². The van der Waals surface area contributed by atoms with Gasteiger partial charge in [-0.05, 0) is 39.0 Å². The number of amides is 3. The molecule has 1 aliphatic heterocycles. The quantitative estimate of drug-likeness (QED) is 0.345. The SMILES string of the molecule is C=C1C(/C(C)=N/OC(C)C)=CN(CC(=O)c2cc(F)ccc2OC)C(=O)N1NC(=O)C(C)C. The second kappa shape index (κ2) is 10.8. The maximum Gasteiger partial charge on any atom is 0.347 e. The highest BCUT2D eigenvalue weighted by atomic mass is 19.1. The summed E-state index contributed by atoms with van der Waals surface area (Å²) in [5.41, 5.74) is 3.41. The number of hydrogen-bond donors (Lipinski definition) is 1. The van der Waals surface area contributed by atoms with Gasteiger partial charge < -0.3 is 9.57 Å². The predicted molar refractivity (Wildman–Crippen MR) is 121 cm³/mol. The number of carbonyl (C=O) groups excluding carboxylic acids is 3. The summed E-state index contributed by atoms with van der Waals surface area (Å²) < 4.78 is 18.9. The average molecular weight is 461 g/mol. The summed E-state index contributed by atoms with van der Waals surface area (Å²) in [6.07, 6.45) is 1.21. The minimum Gasteiger partial charge on any atom is -0.496 e. The maximum atomic E-state index is 13.8. The zero-order chi connectivity index (χ0) is 24.9. The standard InChI is InChI=1S/C23H29FN4O5/c1-13(2)22(30)25-28-16(6)19(15(5)26-33-14(3)4)11-27(23(28)31)12-20(29)18-10-17(24)8-9-21(18)32-7/h8-11,13-14H,6,12H2,1-5,7H3,(H,25,30)/b26-15+. The molecule has 0 atom stereocenters. The lowest BCUT2D eigenvalue weighted by Gasteiger charge is -2.35. The number of carbonyl (C=O) groups is 3. The van der Waals surface area contributed by atoms with E-state index in [2.05, 4.69) is 17.2 Å². The van der Waals surface area contributed by atoms with Gasteiger partial charge in [-0.3, -0.25) is 19.9 Å². The van der Waals surface area contributed by atoms with Crippen molar-refractivity contribution in [3.8, 4) is 5.75 Å². The first kappa shape index (κ1) is 25.6. The maximum absolute atomic E-state index is 13.8. The van der Waals surface area contributed by atoms with Gasteiger partial charge in [0, 0.05) is 17.7 Å². The van der Waals surface area contributed by atoms with E-state index in [-0.39, 0.29) is 23.1 Å². The van der Waals surface area contributed by atoms with Crippen LogP contribution < -0.4 is 10.2 Å². The number of allylic oxidation sites excluding steroid dienone is 1. The summed E-state index contributed by atoms with van der Waals surface area (Å²) in [4.78, 5) is 44.7. The van der Waals surface area contributed by atoms with Crippen LogP contribution in [-0.4, -0.2) is 53.1 Å². The number of oxime groups is 1. The second-order valence-corrected chi connectivity index (χ2v) is 7.96. The topological polar surface area (TPSA) is 101 Å². The number of ether oxygens (including phenoxy) is 1. The van der Waals surface area contributed by atoms with E-state index in [1.165, 1.54) is 25.4 Å². The van der Waals surface area contributed by atoms with Gasteiger partial charge in [0.25, 0.3) is 0 Å². The van der Waals surface area contributed by atoms with Gasteiger partial charge in [0.05, 0.1) is 30.6 Å². The lowest BCUT2D eigenvalue weighted by molar-refractivity contribution is -0.127. The van der Waals surface area contributed by atoms with Crippen LogP contribution in [0, 0.1) is 11.7 Å². The highest BCUT2D eigenvalue weighted by Gasteiger charge is 2.34. The van der Waals surface area contributed by atoms with Gasteiger partial charge in [0.1, 0.15) is 17.7 Å². The van der Waals surface area contributed by atoms with Gasteiger partial charge in [0.15, 0.2) is 5.78 Å². The number of urea groups is 1. The molecular weight excluding hydrogens is 431 g/mol. The number of ketones is 1. The number of benzene rings is 1. The lowest BCUT2D eigenvalue weighted by atomic mass is 10.1. The molecule has 0 aliphatic carbocycles. The zero-order valence-corrected chi connectivity index (χ0v) is 19.6.